The zero-order valence-electron chi connectivity index (χ0n) is 20.6. The van der Waals surface area contributed by atoms with E-state index < -0.39 is 52.8 Å². The third-order valence-electron chi connectivity index (χ3n) is 5.59. The van der Waals surface area contributed by atoms with Crippen LogP contribution in [-0.2, 0) is 22.8 Å². The van der Waals surface area contributed by atoms with E-state index in [1.54, 1.807) is 31.2 Å². The molecule has 2 aromatic carbocycles. The van der Waals surface area contributed by atoms with Crippen LogP contribution in [0.3, 0.4) is 0 Å². The lowest BCUT2D eigenvalue weighted by molar-refractivity contribution is -0.148. The third-order valence-corrected chi connectivity index (χ3v) is 5.89. The van der Waals surface area contributed by atoms with Gasteiger partial charge in [0.25, 0.3) is 5.56 Å². The molecular formula is C25H23ClF4N2O6. The number of alkyl halides is 3. The van der Waals surface area contributed by atoms with Crippen LogP contribution in [0.4, 0.5) is 17.6 Å². The van der Waals surface area contributed by atoms with Crippen LogP contribution < -0.4 is 20.7 Å². The van der Waals surface area contributed by atoms with E-state index in [1.165, 1.54) is 14.0 Å². The van der Waals surface area contributed by atoms with Crippen LogP contribution in [0.25, 0.3) is 5.69 Å². The number of hydrogen-bond acceptors (Lipinski definition) is 6. The molecule has 3 rings (SSSR count). The van der Waals surface area contributed by atoms with Crippen LogP contribution in [0.5, 0.6) is 11.5 Å². The molecule has 0 amide bonds. The van der Waals surface area contributed by atoms with Crippen molar-refractivity contribution in [2.24, 2.45) is 7.05 Å². The monoisotopic (exact) mass is 558 g/mol. The average Bonchev–Trinajstić information content (AvgIpc) is 2.86. The van der Waals surface area contributed by atoms with Gasteiger partial charge >= 0.3 is 17.8 Å². The molecule has 204 valence electrons. The molecule has 0 aliphatic heterocycles. The summed E-state index contributed by atoms with van der Waals surface area (Å²) in [6.07, 6.45) is -6.03. The van der Waals surface area contributed by atoms with Crippen LogP contribution in [-0.4, -0.2) is 28.3 Å². The number of carbonyl (C=O) groups excluding carboxylic acids is 1. The number of benzene rings is 2. The first kappa shape index (κ1) is 28.8. The highest BCUT2D eigenvalue weighted by molar-refractivity contribution is 6.32. The first-order valence-corrected chi connectivity index (χ1v) is 11.6. The van der Waals surface area contributed by atoms with E-state index in [1.807, 2.05) is 0 Å². The van der Waals surface area contributed by atoms with E-state index in [-0.39, 0.29) is 26.0 Å². The topological polar surface area (TPSA) is 88.8 Å². The quantitative estimate of drug-likeness (QED) is 0.291. The zero-order chi connectivity index (χ0) is 28.4. The van der Waals surface area contributed by atoms with Gasteiger partial charge in [-0.3, -0.25) is 9.36 Å². The fourth-order valence-electron chi connectivity index (χ4n) is 3.62. The van der Waals surface area contributed by atoms with Gasteiger partial charge in [0, 0.05) is 19.2 Å². The summed E-state index contributed by atoms with van der Waals surface area (Å²) in [6.45, 7) is 3.32. The van der Waals surface area contributed by atoms with E-state index in [4.69, 9.17) is 21.1 Å². The van der Waals surface area contributed by atoms with Crippen molar-refractivity contribution in [3.63, 3.8) is 0 Å². The van der Waals surface area contributed by atoms with Gasteiger partial charge in [0.2, 0.25) is 0 Å². The summed E-state index contributed by atoms with van der Waals surface area (Å²) >= 11 is 6.15. The molecule has 0 fully saturated rings. The number of carbonyl (C=O) groups is 1. The van der Waals surface area contributed by atoms with Crippen molar-refractivity contribution in [3.05, 3.63) is 85.4 Å². The Morgan fingerprint density at radius 2 is 1.71 bits per heavy atom. The first-order valence-electron chi connectivity index (χ1n) is 11.2. The lowest BCUT2D eigenvalue weighted by Gasteiger charge is -2.21. The van der Waals surface area contributed by atoms with Gasteiger partial charge < -0.3 is 14.2 Å². The maximum atomic E-state index is 14.8. The summed E-state index contributed by atoms with van der Waals surface area (Å²) in [7, 11) is 2.06. The van der Waals surface area contributed by atoms with Crippen molar-refractivity contribution in [1.82, 2.24) is 9.13 Å². The van der Waals surface area contributed by atoms with Gasteiger partial charge in [-0.25, -0.2) is 18.5 Å². The fourth-order valence-corrected chi connectivity index (χ4v) is 3.81. The molecule has 0 aliphatic carbocycles. The fraction of sp³-hybridized carbons (Fsp3) is 0.320. The number of rotatable bonds is 8. The molecule has 0 N–H and O–H groups in total. The smallest absolute Gasteiger partial charge is 0.431 e. The Morgan fingerprint density at radius 1 is 1.08 bits per heavy atom. The van der Waals surface area contributed by atoms with Crippen molar-refractivity contribution in [1.29, 1.82) is 0 Å². The average molecular weight is 559 g/mol. The van der Waals surface area contributed by atoms with E-state index in [2.05, 4.69) is 4.74 Å². The molecule has 1 heterocycles. The molecular weight excluding hydrogens is 536 g/mol. The lowest BCUT2D eigenvalue weighted by Crippen LogP contribution is -2.41. The summed E-state index contributed by atoms with van der Waals surface area (Å²) in [5.41, 5.74) is -4.24. The molecule has 38 heavy (non-hydrogen) atoms. The predicted molar refractivity (Wildman–Crippen MR) is 129 cm³/mol. The van der Waals surface area contributed by atoms with Crippen LogP contribution in [0.2, 0.25) is 5.02 Å². The first-order chi connectivity index (χ1) is 17.8. The SMILES string of the molecule is CCC(Oc1cc(-n2c(=O)cc(C(F)(F)F)n(C)c2=O)c(F)cc1Cl)c1ccc(OC(C)C(=O)OC)cc1. The normalized spacial score (nSPS) is 13.1. The van der Waals surface area contributed by atoms with Gasteiger partial charge in [-0.05, 0) is 37.1 Å². The molecule has 2 atom stereocenters. The Labute approximate surface area is 218 Å². The molecule has 0 aliphatic rings. The van der Waals surface area contributed by atoms with E-state index in [0.29, 0.717) is 17.7 Å². The predicted octanol–water partition coefficient (Wildman–Crippen LogP) is 4.82. The molecule has 3 aromatic rings. The lowest BCUT2D eigenvalue weighted by atomic mass is 10.1. The molecule has 0 saturated carbocycles. The molecule has 1 aromatic heterocycles. The Balaban J connectivity index is 1.96. The third kappa shape index (κ3) is 6.01. The summed E-state index contributed by atoms with van der Waals surface area (Å²) < 4.78 is 70.9. The maximum absolute atomic E-state index is 14.8. The molecule has 2 unspecified atom stereocenters. The Bertz CT molecular complexity index is 1450. The molecule has 0 radical (unpaired) electrons. The van der Waals surface area contributed by atoms with Crippen LogP contribution in [0.15, 0.2) is 52.1 Å². The van der Waals surface area contributed by atoms with E-state index in [9.17, 15) is 31.9 Å². The number of aromatic nitrogens is 2. The van der Waals surface area contributed by atoms with E-state index in [0.717, 1.165) is 19.2 Å². The van der Waals surface area contributed by atoms with Crippen LogP contribution in [0.1, 0.15) is 37.6 Å². The molecule has 0 spiro atoms. The van der Waals surface area contributed by atoms with Gasteiger partial charge in [-0.2, -0.15) is 13.2 Å². The number of methoxy groups -OCH3 is 1. The molecule has 8 nitrogen and oxygen atoms in total. The second-order valence-electron chi connectivity index (χ2n) is 8.14. The summed E-state index contributed by atoms with van der Waals surface area (Å²) in [5, 5.41) is -0.187. The van der Waals surface area contributed by atoms with Crippen molar-refractivity contribution in [2.45, 2.75) is 38.7 Å². The Hall–Kier alpha value is -3.80. The Morgan fingerprint density at radius 3 is 2.26 bits per heavy atom. The van der Waals surface area contributed by atoms with Gasteiger partial charge in [-0.1, -0.05) is 30.7 Å². The van der Waals surface area contributed by atoms with Crippen molar-refractivity contribution in [2.75, 3.05) is 7.11 Å². The Kier molecular flexibility index (Phi) is 8.55. The van der Waals surface area contributed by atoms with Crippen molar-refractivity contribution in [3.8, 4) is 17.2 Å². The van der Waals surface area contributed by atoms with Crippen molar-refractivity contribution >= 4 is 17.6 Å². The van der Waals surface area contributed by atoms with Gasteiger partial charge in [-0.15, -0.1) is 0 Å². The zero-order valence-corrected chi connectivity index (χ0v) is 21.4. The minimum Gasteiger partial charge on any atom is -0.484 e. The number of hydrogen-bond donors (Lipinski definition) is 0. The largest absolute Gasteiger partial charge is 0.484 e. The number of nitrogens with zero attached hydrogens (tertiary/aromatic N) is 2. The summed E-state index contributed by atoms with van der Waals surface area (Å²) in [6, 6.07) is 8.52. The van der Waals surface area contributed by atoms with E-state index >= 15 is 0 Å². The standard InChI is InChI=1S/C25H23ClF4N2O6/c1-5-19(14-6-8-15(9-7-14)37-13(2)23(34)36-4)38-20-11-18(17(27)10-16(20)26)32-22(33)12-21(25(28,29)30)31(3)24(32)35/h6-13,19H,5H2,1-4H3. The number of halogens is 5. The molecule has 0 bridgehead atoms. The van der Waals surface area contributed by atoms with Crippen LogP contribution in [0, 0.1) is 5.82 Å². The van der Waals surface area contributed by atoms with Gasteiger partial charge in [0.05, 0.1) is 17.8 Å². The highest BCUT2D eigenvalue weighted by Crippen LogP contribution is 2.34. The highest BCUT2D eigenvalue weighted by Gasteiger charge is 2.35. The molecule has 0 saturated heterocycles. The van der Waals surface area contributed by atoms with Crippen molar-refractivity contribution < 1.29 is 36.6 Å². The van der Waals surface area contributed by atoms with Gasteiger partial charge in [0.1, 0.15) is 29.1 Å². The maximum Gasteiger partial charge on any atom is 0.431 e. The molecule has 13 heteroatoms. The number of ether oxygens (including phenoxy) is 3. The summed E-state index contributed by atoms with van der Waals surface area (Å²) in [4.78, 5) is 36.6. The van der Waals surface area contributed by atoms with Gasteiger partial charge in [0.15, 0.2) is 6.10 Å². The second kappa shape index (κ2) is 11.3. The minimum absolute atomic E-state index is 0.108. The number of esters is 1. The highest BCUT2D eigenvalue weighted by atomic mass is 35.5. The second-order valence-corrected chi connectivity index (χ2v) is 8.55. The summed E-state index contributed by atoms with van der Waals surface area (Å²) in [5.74, 6) is -1.38. The minimum atomic E-state index is -4.97. The van der Waals surface area contributed by atoms with Crippen LogP contribution >= 0.6 is 11.6 Å².